The van der Waals surface area contributed by atoms with Crippen molar-refractivity contribution < 1.29 is 14.3 Å². The van der Waals surface area contributed by atoms with Gasteiger partial charge in [-0.1, -0.05) is 32.0 Å². The van der Waals surface area contributed by atoms with Crippen molar-refractivity contribution >= 4 is 17.5 Å². The molecule has 0 bridgehead atoms. The van der Waals surface area contributed by atoms with Crippen molar-refractivity contribution in [2.45, 2.75) is 33.6 Å². The largest absolute Gasteiger partial charge is 0.492 e. The first-order valence-corrected chi connectivity index (χ1v) is 9.40. The third kappa shape index (κ3) is 5.54. The van der Waals surface area contributed by atoms with Gasteiger partial charge in [0.2, 0.25) is 0 Å². The Morgan fingerprint density at radius 3 is 2.30 bits per heavy atom. The smallest absolute Gasteiger partial charge is 0.274 e. The quantitative estimate of drug-likeness (QED) is 0.725. The number of carbonyl (C=O) groups is 2. The zero-order chi connectivity index (χ0) is 19.6. The number of para-hydroxylation sites is 2. The number of anilines is 1. The van der Waals surface area contributed by atoms with Gasteiger partial charge in [0.1, 0.15) is 17.1 Å². The molecule has 1 aromatic heterocycles. The number of pyridine rings is 1. The molecular formula is C21H27N3O3. The van der Waals surface area contributed by atoms with Crippen LogP contribution in [0.1, 0.15) is 54.6 Å². The highest BCUT2D eigenvalue weighted by molar-refractivity contribution is 6.04. The van der Waals surface area contributed by atoms with E-state index in [9.17, 15) is 9.59 Å². The van der Waals surface area contributed by atoms with Gasteiger partial charge in [-0.2, -0.15) is 0 Å². The molecule has 0 unspecified atom stereocenters. The molecule has 0 saturated carbocycles. The van der Waals surface area contributed by atoms with E-state index in [1.807, 2.05) is 32.9 Å². The topological polar surface area (TPSA) is 71.5 Å². The standard InChI is InChI=1S/C21H27N3O3/c1-4-14-24(15-5-2)21(26)18-12-9-11-17(22-18)20(25)23-16-10-7-8-13-19(16)27-6-3/h7-13H,4-6,14-15H2,1-3H3,(H,23,25). The van der Waals surface area contributed by atoms with Gasteiger partial charge in [0.25, 0.3) is 11.8 Å². The van der Waals surface area contributed by atoms with Crippen LogP contribution in [-0.2, 0) is 0 Å². The van der Waals surface area contributed by atoms with Crippen molar-refractivity contribution in [3.63, 3.8) is 0 Å². The summed E-state index contributed by atoms with van der Waals surface area (Å²) in [6.07, 6.45) is 1.75. The van der Waals surface area contributed by atoms with Gasteiger partial charge in [-0.15, -0.1) is 0 Å². The Morgan fingerprint density at radius 2 is 1.63 bits per heavy atom. The second-order valence-corrected chi connectivity index (χ2v) is 6.08. The van der Waals surface area contributed by atoms with Crippen LogP contribution in [0.2, 0.25) is 0 Å². The number of carbonyl (C=O) groups excluding carboxylic acids is 2. The number of benzene rings is 1. The first-order chi connectivity index (χ1) is 13.1. The van der Waals surface area contributed by atoms with Crippen molar-refractivity contribution in [3.8, 4) is 5.75 Å². The van der Waals surface area contributed by atoms with E-state index < -0.39 is 0 Å². The SMILES string of the molecule is CCCN(CCC)C(=O)c1cccc(C(=O)Nc2ccccc2OCC)n1. The fraction of sp³-hybridized carbons (Fsp3) is 0.381. The van der Waals surface area contributed by atoms with Crippen LogP contribution < -0.4 is 10.1 Å². The van der Waals surface area contributed by atoms with E-state index in [1.165, 1.54) is 0 Å². The molecule has 2 rings (SSSR count). The molecule has 2 amide bonds. The van der Waals surface area contributed by atoms with Crippen LogP contribution in [0.3, 0.4) is 0 Å². The maximum absolute atomic E-state index is 12.7. The van der Waals surface area contributed by atoms with Gasteiger partial charge in [0, 0.05) is 13.1 Å². The number of amides is 2. The summed E-state index contributed by atoms with van der Waals surface area (Å²) in [7, 11) is 0. The number of ether oxygens (including phenoxy) is 1. The van der Waals surface area contributed by atoms with E-state index in [4.69, 9.17) is 4.74 Å². The average Bonchev–Trinajstić information content (AvgIpc) is 2.69. The van der Waals surface area contributed by atoms with Gasteiger partial charge in [0.05, 0.1) is 12.3 Å². The van der Waals surface area contributed by atoms with Crippen LogP contribution >= 0.6 is 0 Å². The number of hydrogen-bond acceptors (Lipinski definition) is 4. The van der Waals surface area contributed by atoms with Gasteiger partial charge >= 0.3 is 0 Å². The maximum atomic E-state index is 12.7. The Labute approximate surface area is 160 Å². The lowest BCUT2D eigenvalue weighted by Gasteiger charge is -2.21. The predicted molar refractivity (Wildman–Crippen MR) is 106 cm³/mol. The first kappa shape index (κ1) is 20.4. The molecule has 2 aromatic rings. The molecule has 0 spiro atoms. The van der Waals surface area contributed by atoms with E-state index in [-0.39, 0.29) is 23.2 Å². The molecule has 6 heteroatoms. The number of rotatable bonds is 9. The fourth-order valence-corrected chi connectivity index (χ4v) is 2.73. The summed E-state index contributed by atoms with van der Waals surface area (Å²) in [5.41, 5.74) is 1.05. The van der Waals surface area contributed by atoms with Crippen LogP contribution in [0.4, 0.5) is 5.69 Å². The summed E-state index contributed by atoms with van der Waals surface area (Å²) in [4.78, 5) is 31.4. The highest BCUT2D eigenvalue weighted by atomic mass is 16.5. The first-order valence-electron chi connectivity index (χ1n) is 9.40. The Hall–Kier alpha value is -2.89. The van der Waals surface area contributed by atoms with Crippen molar-refractivity contribution in [2.24, 2.45) is 0 Å². The summed E-state index contributed by atoms with van der Waals surface area (Å²) >= 11 is 0. The van der Waals surface area contributed by atoms with Crippen molar-refractivity contribution in [3.05, 3.63) is 53.9 Å². The molecule has 0 atom stereocenters. The normalized spacial score (nSPS) is 10.3. The molecule has 0 radical (unpaired) electrons. The van der Waals surface area contributed by atoms with Gasteiger partial charge in [-0.25, -0.2) is 4.98 Å². The lowest BCUT2D eigenvalue weighted by molar-refractivity contribution is 0.0749. The molecule has 0 aliphatic carbocycles. The lowest BCUT2D eigenvalue weighted by atomic mass is 10.2. The Morgan fingerprint density at radius 1 is 0.963 bits per heavy atom. The maximum Gasteiger partial charge on any atom is 0.274 e. The van der Waals surface area contributed by atoms with Crippen LogP contribution in [0, 0.1) is 0 Å². The van der Waals surface area contributed by atoms with E-state index >= 15 is 0 Å². The molecule has 0 saturated heterocycles. The van der Waals surface area contributed by atoms with Crippen LogP contribution in [0.5, 0.6) is 5.75 Å². The summed E-state index contributed by atoms with van der Waals surface area (Å²) in [5.74, 6) is 0.0649. The monoisotopic (exact) mass is 369 g/mol. The van der Waals surface area contributed by atoms with E-state index in [0.29, 0.717) is 31.1 Å². The predicted octanol–water partition coefficient (Wildman–Crippen LogP) is 3.99. The van der Waals surface area contributed by atoms with Gasteiger partial charge < -0.3 is 15.0 Å². The third-order valence-electron chi connectivity index (χ3n) is 3.91. The van der Waals surface area contributed by atoms with E-state index in [2.05, 4.69) is 10.3 Å². The van der Waals surface area contributed by atoms with Crippen LogP contribution in [0.25, 0.3) is 0 Å². The minimum Gasteiger partial charge on any atom is -0.492 e. The molecule has 6 nitrogen and oxygen atoms in total. The zero-order valence-electron chi connectivity index (χ0n) is 16.2. The summed E-state index contributed by atoms with van der Waals surface area (Å²) < 4.78 is 5.53. The van der Waals surface area contributed by atoms with Gasteiger partial charge in [0.15, 0.2) is 0 Å². The second kappa shape index (κ2) is 10.3. The molecule has 0 aliphatic rings. The summed E-state index contributed by atoms with van der Waals surface area (Å²) in [5, 5.41) is 2.81. The van der Waals surface area contributed by atoms with E-state index in [0.717, 1.165) is 12.8 Å². The van der Waals surface area contributed by atoms with Gasteiger partial charge in [-0.3, -0.25) is 9.59 Å². The summed E-state index contributed by atoms with van der Waals surface area (Å²) in [6.45, 7) is 7.79. The van der Waals surface area contributed by atoms with Gasteiger partial charge in [-0.05, 0) is 44.0 Å². The molecule has 1 N–H and O–H groups in total. The Kier molecular flexibility index (Phi) is 7.79. The number of aromatic nitrogens is 1. The summed E-state index contributed by atoms with van der Waals surface area (Å²) in [6, 6.07) is 12.1. The minimum atomic E-state index is -0.380. The molecule has 144 valence electrons. The van der Waals surface area contributed by atoms with Crippen molar-refractivity contribution in [1.29, 1.82) is 0 Å². The molecular weight excluding hydrogens is 342 g/mol. The Bertz CT molecular complexity index is 771. The lowest BCUT2D eigenvalue weighted by Crippen LogP contribution is -2.33. The van der Waals surface area contributed by atoms with Crippen molar-refractivity contribution in [1.82, 2.24) is 9.88 Å². The Balaban J connectivity index is 2.19. The highest BCUT2D eigenvalue weighted by Crippen LogP contribution is 2.24. The number of nitrogens with zero attached hydrogens (tertiary/aromatic N) is 2. The van der Waals surface area contributed by atoms with E-state index in [1.54, 1.807) is 35.2 Å². The van der Waals surface area contributed by atoms with Crippen LogP contribution in [-0.4, -0.2) is 41.4 Å². The molecule has 27 heavy (non-hydrogen) atoms. The number of nitrogens with one attached hydrogen (secondary N) is 1. The average molecular weight is 369 g/mol. The molecule has 1 heterocycles. The zero-order valence-corrected chi connectivity index (χ0v) is 16.2. The molecule has 1 aromatic carbocycles. The fourth-order valence-electron chi connectivity index (χ4n) is 2.73. The highest BCUT2D eigenvalue weighted by Gasteiger charge is 2.18. The number of hydrogen-bond donors (Lipinski definition) is 1. The van der Waals surface area contributed by atoms with Crippen molar-refractivity contribution in [2.75, 3.05) is 25.0 Å². The minimum absolute atomic E-state index is 0.150. The molecule has 0 fully saturated rings. The van der Waals surface area contributed by atoms with Crippen LogP contribution in [0.15, 0.2) is 42.5 Å². The molecule has 0 aliphatic heterocycles. The second-order valence-electron chi connectivity index (χ2n) is 6.08. The third-order valence-corrected chi connectivity index (χ3v) is 3.91.